The van der Waals surface area contributed by atoms with Gasteiger partial charge in [0.15, 0.2) is 6.10 Å². The summed E-state index contributed by atoms with van der Waals surface area (Å²) in [6.45, 7) is -1.29. The molecular formula is C58H103N3O20. The van der Waals surface area contributed by atoms with Crippen LogP contribution in [0.1, 0.15) is 206 Å². The van der Waals surface area contributed by atoms with Gasteiger partial charge in [0, 0.05) is 44.9 Å². The molecule has 5 N–H and O–H groups in total. The molecule has 23 nitrogen and oxygen atoms in total. The third-order valence-corrected chi connectivity index (χ3v) is 13.4. The highest BCUT2D eigenvalue weighted by atomic mass is 16.6. The summed E-state index contributed by atoms with van der Waals surface area (Å²) in [5.41, 5.74) is 0. The van der Waals surface area contributed by atoms with E-state index < -0.39 is 112 Å². The van der Waals surface area contributed by atoms with Crippen LogP contribution in [0, 0.1) is 0 Å². The van der Waals surface area contributed by atoms with Gasteiger partial charge in [0.2, 0.25) is 0 Å². The predicted molar refractivity (Wildman–Crippen MR) is 301 cm³/mol. The second-order valence-corrected chi connectivity index (χ2v) is 20.9. The second kappa shape index (κ2) is 53.1. The molecule has 0 bridgehead atoms. The Kier molecular flexibility index (Phi) is 49.8. The van der Waals surface area contributed by atoms with Crippen LogP contribution >= 0.6 is 0 Å². The lowest BCUT2D eigenvalue weighted by atomic mass is 10.0. The Morgan fingerprint density at radius 3 is 1.22 bits per heavy atom. The average Bonchev–Trinajstić information content (AvgIpc) is 3.40. The molecule has 2 unspecified atom stereocenters. The summed E-state index contributed by atoms with van der Waals surface area (Å²) in [6, 6.07) is -1.03. The Bertz CT molecular complexity index is 1690. The zero-order valence-electron chi connectivity index (χ0n) is 49.2. The van der Waals surface area contributed by atoms with E-state index in [1.54, 1.807) is 0 Å². The highest BCUT2D eigenvalue weighted by Gasteiger charge is 2.28. The first-order valence-electron chi connectivity index (χ1n) is 30.0. The van der Waals surface area contributed by atoms with E-state index in [-0.39, 0.29) is 78.5 Å². The first kappa shape index (κ1) is 76.0. The summed E-state index contributed by atoms with van der Waals surface area (Å²) in [7, 11) is 0. The van der Waals surface area contributed by atoms with Crippen molar-refractivity contribution in [1.82, 2.24) is 14.7 Å². The number of esters is 4. The van der Waals surface area contributed by atoms with Crippen molar-refractivity contribution in [2.24, 2.45) is 0 Å². The van der Waals surface area contributed by atoms with Gasteiger partial charge in [-0.3, -0.25) is 53.1 Å². The number of aliphatic carboxylic acids is 5. The molecule has 0 aliphatic carbocycles. The van der Waals surface area contributed by atoms with Crippen molar-refractivity contribution in [2.45, 2.75) is 219 Å². The maximum Gasteiger partial charge on any atom is 0.332 e. The fraction of sp³-hybridized carbons (Fsp3) is 0.845. The molecule has 0 rings (SSSR count). The zero-order valence-corrected chi connectivity index (χ0v) is 49.2. The van der Waals surface area contributed by atoms with Gasteiger partial charge < -0.3 is 54.0 Å². The minimum Gasteiger partial charge on any atom is -0.481 e. The van der Waals surface area contributed by atoms with Gasteiger partial charge in [-0.25, -0.2) is 4.79 Å². The predicted octanol–water partition coefficient (Wildman–Crippen LogP) is 8.00. The monoisotopic (exact) mass is 1160 g/mol. The largest absolute Gasteiger partial charge is 0.481 e. The molecule has 0 spiro atoms. The van der Waals surface area contributed by atoms with Crippen molar-refractivity contribution in [2.75, 3.05) is 98.6 Å². The molecule has 470 valence electrons. The van der Waals surface area contributed by atoms with Gasteiger partial charge in [-0.2, -0.15) is 0 Å². The maximum absolute atomic E-state index is 12.9. The quantitative estimate of drug-likeness (QED) is 0.0219. The van der Waals surface area contributed by atoms with Crippen LogP contribution in [-0.4, -0.2) is 205 Å². The maximum atomic E-state index is 12.9. The minimum absolute atomic E-state index is 0.0440. The summed E-state index contributed by atoms with van der Waals surface area (Å²) in [4.78, 5) is 112. The van der Waals surface area contributed by atoms with E-state index in [2.05, 4.69) is 13.8 Å². The molecule has 0 saturated carbocycles. The molecule has 0 aromatic heterocycles. The molecule has 0 aromatic carbocycles. The average molecular weight is 1160 g/mol. The summed E-state index contributed by atoms with van der Waals surface area (Å²) >= 11 is 0. The van der Waals surface area contributed by atoms with E-state index in [1.807, 2.05) is 0 Å². The molecule has 0 saturated heterocycles. The Labute approximate surface area is 481 Å². The van der Waals surface area contributed by atoms with Gasteiger partial charge in [0.1, 0.15) is 26.4 Å². The molecule has 0 aliphatic rings. The number of hydrogen-bond acceptors (Lipinski definition) is 18. The zero-order chi connectivity index (χ0) is 60.1. The number of carbonyl (C=O) groups is 9. The van der Waals surface area contributed by atoms with Crippen LogP contribution in [0.3, 0.4) is 0 Å². The lowest BCUT2D eigenvalue weighted by molar-refractivity contribution is -0.168. The minimum atomic E-state index is -1.39. The summed E-state index contributed by atoms with van der Waals surface area (Å²) in [5, 5.41) is 47.0. The molecule has 23 heteroatoms. The summed E-state index contributed by atoms with van der Waals surface area (Å²) < 4.78 is 32.4. The number of hydrogen-bond donors (Lipinski definition) is 5. The number of unbranched alkanes of at least 4 members (excludes halogenated alkanes) is 24. The Morgan fingerprint density at radius 1 is 0.370 bits per heavy atom. The molecule has 81 heavy (non-hydrogen) atoms. The van der Waals surface area contributed by atoms with Crippen molar-refractivity contribution in [3.05, 3.63) is 0 Å². The number of rotatable bonds is 60. The van der Waals surface area contributed by atoms with E-state index in [4.69, 9.17) is 28.4 Å². The summed E-state index contributed by atoms with van der Waals surface area (Å²) in [5.74, 6) is -9.18. The van der Waals surface area contributed by atoms with Crippen molar-refractivity contribution in [3.63, 3.8) is 0 Å². The van der Waals surface area contributed by atoms with Crippen LogP contribution in [0.15, 0.2) is 0 Å². The molecular weight excluding hydrogens is 1060 g/mol. The molecule has 2 atom stereocenters. The van der Waals surface area contributed by atoms with Gasteiger partial charge in [-0.05, 0) is 19.3 Å². The van der Waals surface area contributed by atoms with E-state index in [0.717, 1.165) is 48.3 Å². The highest BCUT2D eigenvalue weighted by molar-refractivity contribution is 5.75. The van der Waals surface area contributed by atoms with Crippen molar-refractivity contribution in [3.8, 4) is 0 Å². The molecule has 0 aliphatic heterocycles. The fourth-order valence-electron chi connectivity index (χ4n) is 8.99. The van der Waals surface area contributed by atoms with E-state index in [1.165, 1.54) is 120 Å². The molecule has 0 radical (unpaired) electrons. The SMILES string of the molecule is CCCCCCCCCCCCCCCC(=O)OCC(COC(=O)COCCOCCOC(=O)CN(CC(=O)O)C(CCC(=O)O)CN(CCN(CC(=O)O)CC(=O)O)CC(=O)O)OC(=O)CCCCCCCCCCCCCCC. The Hall–Kier alpha value is -4.97. The van der Waals surface area contributed by atoms with Crippen molar-refractivity contribution in [1.29, 1.82) is 0 Å². The number of carboxylic acids is 5. The Balaban J connectivity index is 5.06. The van der Waals surface area contributed by atoms with Gasteiger partial charge in [0.25, 0.3) is 0 Å². The van der Waals surface area contributed by atoms with Gasteiger partial charge in [0.05, 0.1) is 52.5 Å². The van der Waals surface area contributed by atoms with Crippen LogP contribution in [-0.2, 0) is 71.6 Å². The third-order valence-electron chi connectivity index (χ3n) is 13.4. The second-order valence-electron chi connectivity index (χ2n) is 20.9. The first-order chi connectivity index (χ1) is 38.9. The lowest BCUT2D eigenvalue weighted by Crippen LogP contribution is -2.51. The van der Waals surface area contributed by atoms with E-state index in [0.29, 0.717) is 12.8 Å². The number of ether oxygens (including phenoxy) is 6. The first-order valence-corrected chi connectivity index (χ1v) is 30.0. The number of carboxylic acid groups (broad SMARTS) is 5. The van der Waals surface area contributed by atoms with Gasteiger partial charge in [-0.15, -0.1) is 0 Å². The van der Waals surface area contributed by atoms with Gasteiger partial charge in [-0.1, -0.05) is 168 Å². The van der Waals surface area contributed by atoms with Crippen LogP contribution in [0.4, 0.5) is 0 Å². The van der Waals surface area contributed by atoms with Crippen LogP contribution < -0.4 is 0 Å². The number of nitrogens with zero attached hydrogens (tertiary/aromatic N) is 3. The molecule has 0 aromatic rings. The fourth-order valence-corrected chi connectivity index (χ4v) is 8.99. The number of carbonyl (C=O) groups excluding carboxylic acids is 4. The van der Waals surface area contributed by atoms with E-state index in [9.17, 15) is 68.7 Å². The van der Waals surface area contributed by atoms with Crippen LogP contribution in [0.25, 0.3) is 0 Å². The third kappa shape index (κ3) is 51.6. The van der Waals surface area contributed by atoms with Crippen LogP contribution in [0.2, 0.25) is 0 Å². The van der Waals surface area contributed by atoms with Crippen LogP contribution in [0.5, 0.6) is 0 Å². The lowest BCUT2D eigenvalue weighted by Gasteiger charge is -2.34. The summed E-state index contributed by atoms with van der Waals surface area (Å²) in [6.07, 6.45) is 29.2. The highest BCUT2D eigenvalue weighted by Crippen LogP contribution is 2.16. The smallest absolute Gasteiger partial charge is 0.332 e. The standard InChI is InChI=1S/C58H103N3O20/c1-3-5-7-9-11-13-15-17-19-21-23-25-27-29-55(72)79-45-49(81-56(73)30-28-26-24-22-20-18-16-14-12-10-8-6-4-2)46-80-58(75)47-77-36-35-76-37-38-78-57(74)44-61(43-54(70)71)48(31-32-50(62)63)39-59(40-51(64)65)33-34-60(41-52(66)67)42-53(68)69/h48-49H,3-47H2,1-2H3,(H,62,63)(H,64,65)(H,66,67)(H,68,69)(H,70,71). The topological polar surface area (TPSA) is 320 Å². The normalized spacial score (nSPS) is 12.1. The molecule has 0 fully saturated rings. The van der Waals surface area contributed by atoms with Gasteiger partial charge >= 0.3 is 53.7 Å². The Morgan fingerprint density at radius 2 is 0.765 bits per heavy atom. The van der Waals surface area contributed by atoms with Crippen molar-refractivity contribution >= 4 is 53.7 Å². The van der Waals surface area contributed by atoms with Crippen molar-refractivity contribution < 1.29 is 97.1 Å². The molecule has 0 heterocycles. The molecule has 0 amide bonds. The van der Waals surface area contributed by atoms with E-state index >= 15 is 0 Å².